The van der Waals surface area contributed by atoms with E-state index in [1.807, 2.05) is 6.07 Å². The van der Waals surface area contributed by atoms with Crippen LogP contribution in [0.25, 0.3) is 11.3 Å². The van der Waals surface area contributed by atoms with E-state index in [2.05, 4.69) is 15.5 Å². The van der Waals surface area contributed by atoms with Crippen LogP contribution in [0.5, 0.6) is 0 Å². The Morgan fingerprint density at radius 2 is 2.00 bits per heavy atom. The fourth-order valence-corrected chi connectivity index (χ4v) is 5.21. The molecule has 194 valence electrons. The Morgan fingerprint density at radius 1 is 1.19 bits per heavy atom. The van der Waals surface area contributed by atoms with Crippen molar-refractivity contribution in [1.82, 2.24) is 20.2 Å². The fourth-order valence-electron chi connectivity index (χ4n) is 4.99. The van der Waals surface area contributed by atoms with Crippen molar-refractivity contribution in [1.29, 1.82) is 0 Å². The molecular weight excluding hydrogens is 495 g/mol. The molecule has 0 bridgehead atoms. The maximum absolute atomic E-state index is 13.9. The number of aliphatic hydroxyl groups is 2. The lowest BCUT2D eigenvalue weighted by Crippen LogP contribution is -2.57. The van der Waals surface area contributed by atoms with E-state index in [4.69, 9.17) is 30.3 Å². The summed E-state index contributed by atoms with van der Waals surface area (Å²) >= 11 is 5.99. The molecule has 10 nitrogen and oxygen atoms in total. The molecule has 0 radical (unpaired) electrons. The minimum absolute atomic E-state index is 0.230. The number of ether oxygens (including phenoxy) is 3. The van der Waals surface area contributed by atoms with E-state index >= 15 is 0 Å². The highest BCUT2D eigenvalue weighted by Crippen LogP contribution is 2.35. The standard InChI is InChI=1S/C24H28ClFN4O6/c1-33-24-20(10-17-9-19(36-28-17)13-2-4-34-5-3-13)35-21(12-31)23(32)22(24)30-11-18(27-29-30)14-6-15(25)8-16(26)7-14/h6-9,11,13,20-24,31-32H,2-5,10,12H2,1H3/t20-,21-,22+,23+,24+/m1/s1. The largest absolute Gasteiger partial charge is 0.394 e. The van der Waals surface area contributed by atoms with Gasteiger partial charge >= 0.3 is 0 Å². The Bertz CT molecular complexity index is 1150. The number of rotatable bonds is 7. The lowest BCUT2D eigenvalue weighted by Gasteiger charge is -2.43. The van der Waals surface area contributed by atoms with Gasteiger partial charge in [0.2, 0.25) is 0 Å². The first kappa shape index (κ1) is 25.2. The van der Waals surface area contributed by atoms with E-state index in [9.17, 15) is 14.6 Å². The lowest BCUT2D eigenvalue weighted by atomic mass is 9.90. The third-order valence-electron chi connectivity index (χ3n) is 6.82. The van der Waals surface area contributed by atoms with Gasteiger partial charge < -0.3 is 28.9 Å². The van der Waals surface area contributed by atoms with Crippen LogP contribution in [0.3, 0.4) is 0 Å². The highest BCUT2D eigenvalue weighted by atomic mass is 35.5. The van der Waals surface area contributed by atoms with E-state index in [1.165, 1.54) is 23.9 Å². The monoisotopic (exact) mass is 522 g/mol. The number of methoxy groups -OCH3 is 1. The van der Waals surface area contributed by atoms with Gasteiger partial charge in [0.05, 0.1) is 24.6 Å². The summed E-state index contributed by atoms with van der Waals surface area (Å²) in [6.07, 6.45) is 0.429. The van der Waals surface area contributed by atoms with Gasteiger partial charge in [0.15, 0.2) is 0 Å². The van der Waals surface area contributed by atoms with Crippen molar-refractivity contribution in [3.63, 3.8) is 0 Å². The lowest BCUT2D eigenvalue weighted by molar-refractivity contribution is -0.212. The summed E-state index contributed by atoms with van der Waals surface area (Å²) in [6, 6.07) is 5.26. The smallest absolute Gasteiger partial charge is 0.140 e. The molecule has 0 amide bonds. The Balaban J connectivity index is 1.39. The fraction of sp³-hybridized carbons (Fsp3) is 0.542. The van der Waals surface area contributed by atoms with Crippen molar-refractivity contribution >= 4 is 11.6 Å². The predicted octanol–water partition coefficient (Wildman–Crippen LogP) is 2.54. The molecule has 12 heteroatoms. The summed E-state index contributed by atoms with van der Waals surface area (Å²) < 4.78 is 38.2. The molecule has 0 aliphatic carbocycles. The molecule has 2 fully saturated rings. The number of nitrogens with zero attached hydrogens (tertiary/aromatic N) is 4. The molecule has 2 saturated heterocycles. The van der Waals surface area contributed by atoms with Crippen LogP contribution in [0.4, 0.5) is 4.39 Å². The first-order chi connectivity index (χ1) is 17.5. The number of hydrogen-bond acceptors (Lipinski definition) is 9. The van der Waals surface area contributed by atoms with Crippen molar-refractivity contribution < 1.29 is 33.3 Å². The van der Waals surface area contributed by atoms with Crippen molar-refractivity contribution in [2.45, 2.75) is 55.6 Å². The van der Waals surface area contributed by atoms with Gasteiger partial charge in [0.1, 0.15) is 41.6 Å². The minimum Gasteiger partial charge on any atom is -0.394 e. The highest BCUT2D eigenvalue weighted by molar-refractivity contribution is 6.30. The second-order valence-corrected chi connectivity index (χ2v) is 9.57. The zero-order valence-corrected chi connectivity index (χ0v) is 20.4. The zero-order chi connectivity index (χ0) is 25.2. The van der Waals surface area contributed by atoms with Crippen LogP contribution >= 0.6 is 11.6 Å². The molecule has 2 aromatic heterocycles. The quantitative estimate of drug-likeness (QED) is 0.481. The van der Waals surface area contributed by atoms with E-state index in [1.54, 1.807) is 12.3 Å². The van der Waals surface area contributed by atoms with Gasteiger partial charge in [-0.3, -0.25) is 0 Å². The molecule has 36 heavy (non-hydrogen) atoms. The van der Waals surface area contributed by atoms with Crippen LogP contribution in [0.15, 0.2) is 35.0 Å². The predicted molar refractivity (Wildman–Crippen MR) is 125 cm³/mol. The van der Waals surface area contributed by atoms with Crippen LogP contribution in [0.1, 0.15) is 36.3 Å². The maximum Gasteiger partial charge on any atom is 0.140 e. The van der Waals surface area contributed by atoms with Gasteiger partial charge in [-0.2, -0.15) is 0 Å². The van der Waals surface area contributed by atoms with Crippen molar-refractivity contribution in [2.24, 2.45) is 0 Å². The third kappa shape index (κ3) is 5.17. The van der Waals surface area contributed by atoms with Crippen LogP contribution < -0.4 is 0 Å². The van der Waals surface area contributed by atoms with Crippen molar-refractivity contribution in [2.75, 3.05) is 26.9 Å². The molecule has 0 unspecified atom stereocenters. The van der Waals surface area contributed by atoms with Crippen LogP contribution in [-0.2, 0) is 20.6 Å². The zero-order valence-electron chi connectivity index (χ0n) is 19.7. The Morgan fingerprint density at radius 3 is 2.72 bits per heavy atom. The SMILES string of the molecule is CO[C@@H]1[C@@H](n2cc(-c3cc(F)cc(Cl)c3)nn2)[C@@H](O)[C@@H](CO)O[C@@H]1Cc1cc(C2CCOCC2)on1. The summed E-state index contributed by atoms with van der Waals surface area (Å²) in [5.41, 5.74) is 1.50. The second-order valence-electron chi connectivity index (χ2n) is 9.13. The van der Waals surface area contributed by atoms with Crippen molar-refractivity contribution in [3.8, 4) is 11.3 Å². The van der Waals surface area contributed by atoms with Gasteiger partial charge in [0, 0.05) is 49.3 Å². The molecule has 5 atom stereocenters. The van der Waals surface area contributed by atoms with Gasteiger partial charge in [0.25, 0.3) is 0 Å². The summed E-state index contributed by atoms with van der Waals surface area (Å²) in [7, 11) is 1.51. The molecule has 2 aliphatic heterocycles. The first-order valence-corrected chi connectivity index (χ1v) is 12.2. The van der Waals surface area contributed by atoms with Crippen LogP contribution in [-0.4, -0.2) is 81.7 Å². The summed E-state index contributed by atoms with van der Waals surface area (Å²) in [6.45, 7) is 0.979. The molecule has 2 aliphatic rings. The Labute approximate surface area is 211 Å². The minimum atomic E-state index is -1.14. The second kappa shape index (κ2) is 10.9. The van der Waals surface area contributed by atoms with Gasteiger partial charge in [-0.1, -0.05) is 22.0 Å². The van der Waals surface area contributed by atoms with Gasteiger partial charge in [-0.15, -0.1) is 5.10 Å². The number of aromatic nitrogens is 4. The van der Waals surface area contributed by atoms with E-state index < -0.39 is 42.9 Å². The molecular formula is C24H28ClFN4O6. The topological polar surface area (TPSA) is 125 Å². The summed E-state index contributed by atoms with van der Waals surface area (Å²) in [5, 5.41) is 33.7. The van der Waals surface area contributed by atoms with Gasteiger partial charge in [-0.25, -0.2) is 9.07 Å². The molecule has 4 heterocycles. The third-order valence-corrected chi connectivity index (χ3v) is 7.04. The van der Waals surface area contributed by atoms with Crippen molar-refractivity contribution in [3.05, 3.63) is 52.8 Å². The normalized spacial score (nSPS) is 27.4. The van der Waals surface area contributed by atoms with E-state index in [0.29, 0.717) is 36.6 Å². The molecule has 5 rings (SSSR count). The molecule has 0 saturated carbocycles. The average molecular weight is 523 g/mol. The average Bonchev–Trinajstić information content (AvgIpc) is 3.55. The van der Waals surface area contributed by atoms with Gasteiger partial charge in [-0.05, 0) is 31.0 Å². The number of benzene rings is 1. The number of halogens is 2. The number of hydrogen-bond donors (Lipinski definition) is 2. The van der Waals surface area contributed by atoms with Crippen LogP contribution in [0, 0.1) is 5.82 Å². The number of aliphatic hydroxyl groups excluding tert-OH is 2. The molecule has 0 spiro atoms. The molecule has 1 aromatic carbocycles. The Kier molecular flexibility index (Phi) is 7.65. The maximum atomic E-state index is 13.9. The molecule has 3 aromatic rings. The molecule has 2 N–H and O–H groups in total. The Hall–Kier alpha value is -2.41. The highest BCUT2D eigenvalue weighted by Gasteiger charge is 2.47. The first-order valence-electron chi connectivity index (χ1n) is 11.9. The summed E-state index contributed by atoms with van der Waals surface area (Å²) in [4.78, 5) is 0. The van der Waals surface area contributed by atoms with Crippen LogP contribution in [0.2, 0.25) is 5.02 Å². The van der Waals surface area contributed by atoms with E-state index in [-0.39, 0.29) is 10.9 Å². The van der Waals surface area contributed by atoms with E-state index in [0.717, 1.165) is 18.6 Å². The summed E-state index contributed by atoms with van der Waals surface area (Å²) in [5.74, 6) is 0.569.